The number of hydrogen-bond donors (Lipinski definition) is 0. The molecule has 37 heavy (non-hydrogen) atoms. The van der Waals surface area contributed by atoms with Crippen molar-refractivity contribution in [2.45, 2.75) is 0 Å². The number of rotatable bonds is 2. The van der Waals surface area contributed by atoms with E-state index in [1.165, 1.54) is 69.4 Å². The molecule has 8 aromatic rings. The third-order valence-corrected chi connectivity index (χ3v) is 8.74. The van der Waals surface area contributed by atoms with E-state index in [9.17, 15) is 0 Å². The van der Waals surface area contributed by atoms with Gasteiger partial charge in [0.05, 0.1) is 5.52 Å². The zero-order valence-electron chi connectivity index (χ0n) is 20.0. The maximum atomic E-state index is 4.80. The summed E-state index contributed by atoms with van der Waals surface area (Å²) in [5.41, 5.74) is 6.10. The van der Waals surface area contributed by atoms with Gasteiger partial charge >= 0.3 is 0 Å². The van der Waals surface area contributed by atoms with Crippen molar-refractivity contribution in [2.75, 3.05) is 0 Å². The van der Waals surface area contributed by atoms with E-state index in [2.05, 4.69) is 115 Å². The van der Waals surface area contributed by atoms with Crippen LogP contribution in [0.5, 0.6) is 0 Å². The second kappa shape index (κ2) is 7.99. The van der Waals surface area contributed by atoms with Crippen LogP contribution < -0.4 is 0 Å². The first-order chi connectivity index (χ1) is 18.4. The number of hydrogen-bond acceptors (Lipinski definition) is 2. The molecule has 0 bridgehead atoms. The fourth-order valence-corrected chi connectivity index (χ4v) is 7.10. The van der Waals surface area contributed by atoms with Crippen LogP contribution in [0.4, 0.5) is 0 Å². The number of thiophene rings is 1. The molecule has 0 aliphatic carbocycles. The normalized spacial score (nSPS) is 11.8. The van der Waals surface area contributed by atoms with Crippen LogP contribution in [-0.2, 0) is 0 Å². The smallest absolute Gasteiger partial charge is 0.0786 e. The van der Waals surface area contributed by atoms with E-state index in [1.54, 1.807) is 0 Å². The molecule has 0 spiro atoms. The summed E-state index contributed by atoms with van der Waals surface area (Å²) in [6.07, 6.45) is 1.89. The standard InChI is InChI=1S/C35H21NS/c1-2-11-25-24(10-1)26(29-13-5-8-22-17-18-23-9-7-21-36-34(23)33(22)29)19-20-27(25)30-14-6-15-31-28-12-3-4-16-32(28)37-35(30)31/h1-21H. The lowest BCUT2D eigenvalue weighted by Gasteiger charge is -2.15. The van der Waals surface area contributed by atoms with Crippen molar-refractivity contribution >= 4 is 64.0 Å². The molecule has 0 aliphatic rings. The predicted octanol–water partition coefficient (Wildman–Crippen LogP) is 10.2. The molecule has 6 aromatic carbocycles. The molecule has 0 radical (unpaired) electrons. The van der Waals surface area contributed by atoms with Crippen LogP contribution in [0.1, 0.15) is 0 Å². The van der Waals surface area contributed by atoms with Crippen molar-refractivity contribution in [3.8, 4) is 22.3 Å². The third kappa shape index (κ3) is 3.06. The average molecular weight is 488 g/mol. The first-order valence-corrected chi connectivity index (χ1v) is 13.4. The summed E-state index contributed by atoms with van der Waals surface area (Å²) in [5.74, 6) is 0. The quantitative estimate of drug-likeness (QED) is 0.221. The van der Waals surface area contributed by atoms with Crippen LogP contribution in [-0.4, -0.2) is 4.98 Å². The van der Waals surface area contributed by atoms with Gasteiger partial charge in [0.15, 0.2) is 0 Å². The minimum absolute atomic E-state index is 1.05. The summed E-state index contributed by atoms with van der Waals surface area (Å²) in [7, 11) is 0. The SMILES string of the molecule is c1cnc2c(c1)ccc1cccc(-c3ccc(-c4cccc5c4sc4ccccc45)c4ccccc34)c12. The third-order valence-electron chi connectivity index (χ3n) is 7.52. The maximum absolute atomic E-state index is 4.80. The molecule has 172 valence electrons. The van der Waals surface area contributed by atoms with Crippen molar-refractivity contribution in [3.05, 3.63) is 128 Å². The Morgan fingerprint density at radius 1 is 0.432 bits per heavy atom. The molecule has 0 N–H and O–H groups in total. The summed E-state index contributed by atoms with van der Waals surface area (Å²) in [6.45, 7) is 0. The van der Waals surface area contributed by atoms with Crippen molar-refractivity contribution in [1.82, 2.24) is 4.98 Å². The van der Waals surface area contributed by atoms with Gasteiger partial charge in [-0.05, 0) is 45.0 Å². The van der Waals surface area contributed by atoms with Gasteiger partial charge in [-0.3, -0.25) is 4.98 Å². The van der Waals surface area contributed by atoms with Crippen LogP contribution >= 0.6 is 11.3 Å². The fraction of sp³-hybridized carbons (Fsp3) is 0. The molecule has 0 unspecified atom stereocenters. The monoisotopic (exact) mass is 487 g/mol. The minimum Gasteiger partial charge on any atom is -0.256 e. The molecule has 0 amide bonds. The zero-order chi connectivity index (χ0) is 24.3. The lowest BCUT2D eigenvalue weighted by Crippen LogP contribution is -1.89. The van der Waals surface area contributed by atoms with E-state index < -0.39 is 0 Å². The summed E-state index contributed by atoms with van der Waals surface area (Å²) in [5, 5.41) is 8.80. The van der Waals surface area contributed by atoms with Crippen LogP contribution in [0.15, 0.2) is 128 Å². The zero-order valence-corrected chi connectivity index (χ0v) is 20.8. The van der Waals surface area contributed by atoms with Crippen molar-refractivity contribution < 1.29 is 0 Å². The number of pyridine rings is 1. The molecule has 0 aliphatic heterocycles. The van der Waals surface area contributed by atoms with Gasteiger partial charge in [-0.15, -0.1) is 11.3 Å². The van der Waals surface area contributed by atoms with E-state index in [0.29, 0.717) is 0 Å². The largest absolute Gasteiger partial charge is 0.256 e. The van der Waals surface area contributed by atoms with Gasteiger partial charge < -0.3 is 0 Å². The van der Waals surface area contributed by atoms with Crippen molar-refractivity contribution in [1.29, 1.82) is 0 Å². The first-order valence-electron chi connectivity index (χ1n) is 12.6. The minimum atomic E-state index is 1.05. The van der Waals surface area contributed by atoms with Crippen LogP contribution in [0, 0.1) is 0 Å². The molecule has 8 rings (SSSR count). The number of nitrogens with zero attached hydrogens (tertiary/aromatic N) is 1. The Morgan fingerprint density at radius 3 is 1.95 bits per heavy atom. The Balaban J connectivity index is 1.44. The summed E-state index contributed by atoms with van der Waals surface area (Å²) >= 11 is 1.89. The molecule has 2 heterocycles. The molecule has 1 nitrogen and oxygen atoms in total. The second-order valence-electron chi connectivity index (χ2n) is 9.53. The van der Waals surface area contributed by atoms with Crippen molar-refractivity contribution in [3.63, 3.8) is 0 Å². The van der Waals surface area contributed by atoms with Gasteiger partial charge in [0, 0.05) is 42.7 Å². The number of fused-ring (bicyclic) bond motifs is 7. The predicted molar refractivity (Wildman–Crippen MR) is 161 cm³/mol. The molecular formula is C35H21NS. The maximum Gasteiger partial charge on any atom is 0.0786 e. The van der Waals surface area contributed by atoms with Gasteiger partial charge in [0.25, 0.3) is 0 Å². The van der Waals surface area contributed by atoms with Gasteiger partial charge in [-0.25, -0.2) is 0 Å². The van der Waals surface area contributed by atoms with E-state index in [4.69, 9.17) is 4.98 Å². The fourth-order valence-electron chi connectivity index (χ4n) is 5.87. The van der Waals surface area contributed by atoms with E-state index >= 15 is 0 Å². The molecule has 2 aromatic heterocycles. The van der Waals surface area contributed by atoms with Gasteiger partial charge in [0.1, 0.15) is 0 Å². The Kier molecular flexibility index (Phi) is 4.46. The van der Waals surface area contributed by atoms with E-state index in [-0.39, 0.29) is 0 Å². The highest BCUT2D eigenvalue weighted by molar-refractivity contribution is 7.26. The lowest BCUT2D eigenvalue weighted by atomic mass is 9.89. The van der Waals surface area contributed by atoms with Crippen LogP contribution in [0.3, 0.4) is 0 Å². The Morgan fingerprint density at radius 2 is 1.08 bits per heavy atom. The van der Waals surface area contributed by atoms with E-state index in [0.717, 1.165) is 5.52 Å². The molecular weight excluding hydrogens is 466 g/mol. The summed E-state index contributed by atoms with van der Waals surface area (Å²) in [4.78, 5) is 4.80. The Hall–Kier alpha value is -4.53. The molecule has 0 saturated heterocycles. The second-order valence-corrected chi connectivity index (χ2v) is 10.6. The molecule has 0 saturated carbocycles. The highest BCUT2D eigenvalue weighted by atomic mass is 32.1. The Bertz CT molecular complexity index is 2150. The highest BCUT2D eigenvalue weighted by Crippen LogP contribution is 2.44. The molecule has 0 fully saturated rings. The summed E-state index contributed by atoms with van der Waals surface area (Å²) < 4.78 is 2.68. The summed E-state index contributed by atoms with van der Waals surface area (Å²) in [6, 6.07) is 44.0. The van der Waals surface area contributed by atoms with Gasteiger partial charge in [-0.1, -0.05) is 109 Å². The van der Waals surface area contributed by atoms with Gasteiger partial charge in [0.2, 0.25) is 0 Å². The highest BCUT2D eigenvalue weighted by Gasteiger charge is 2.16. The van der Waals surface area contributed by atoms with Gasteiger partial charge in [-0.2, -0.15) is 0 Å². The van der Waals surface area contributed by atoms with E-state index in [1.807, 2.05) is 23.6 Å². The average Bonchev–Trinajstić information content (AvgIpc) is 3.35. The first kappa shape index (κ1) is 20.6. The topological polar surface area (TPSA) is 12.9 Å². The van der Waals surface area contributed by atoms with Crippen LogP contribution in [0.2, 0.25) is 0 Å². The lowest BCUT2D eigenvalue weighted by molar-refractivity contribution is 1.43. The Labute approximate surface area is 218 Å². The van der Waals surface area contributed by atoms with Crippen LogP contribution in [0.25, 0.3) is 74.9 Å². The molecule has 2 heteroatoms. The van der Waals surface area contributed by atoms with Crippen molar-refractivity contribution in [2.24, 2.45) is 0 Å². The number of benzene rings is 6. The molecule has 0 atom stereocenters. The number of aromatic nitrogens is 1.